The Labute approximate surface area is 122 Å². The molecule has 0 aliphatic heterocycles. The van der Waals surface area contributed by atoms with Gasteiger partial charge in [-0.2, -0.15) is 4.98 Å². The highest BCUT2D eigenvalue weighted by atomic mass is 32.2. The normalized spacial score (nSPS) is 11.1. The van der Waals surface area contributed by atoms with Crippen LogP contribution in [-0.4, -0.2) is 24.6 Å². The van der Waals surface area contributed by atoms with Gasteiger partial charge in [-0.3, -0.25) is 4.72 Å². The van der Waals surface area contributed by atoms with Crippen molar-refractivity contribution in [1.82, 2.24) is 9.97 Å². The molecule has 21 heavy (non-hydrogen) atoms. The van der Waals surface area contributed by atoms with Gasteiger partial charge in [0.05, 0.1) is 11.9 Å². The van der Waals surface area contributed by atoms with Crippen molar-refractivity contribution in [3.8, 4) is 11.6 Å². The Balaban J connectivity index is 2.15. The van der Waals surface area contributed by atoms with Gasteiger partial charge in [0.15, 0.2) is 0 Å². The Bertz CT molecular complexity index is 731. The minimum absolute atomic E-state index is 0.0725. The lowest BCUT2D eigenvalue weighted by Crippen LogP contribution is -2.09. The third-order valence-electron chi connectivity index (χ3n) is 2.36. The number of anilines is 2. The quantitative estimate of drug-likeness (QED) is 0.739. The Kier molecular flexibility index (Phi) is 4.24. The minimum atomic E-state index is -3.31. The van der Waals surface area contributed by atoms with E-state index in [1.165, 1.54) is 0 Å². The Morgan fingerprint density at radius 1 is 1.24 bits per heavy atom. The molecule has 2 rings (SSSR count). The zero-order valence-corrected chi connectivity index (χ0v) is 12.1. The number of sulfonamides is 1. The van der Waals surface area contributed by atoms with Crippen molar-refractivity contribution >= 4 is 21.7 Å². The Hall–Kier alpha value is -2.39. The minimum Gasteiger partial charge on any atom is -0.439 e. The predicted octanol–water partition coefficient (Wildman–Crippen LogP) is 0.681. The van der Waals surface area contributed by atoms with Crippen LogP contribution < -0.4 is 20.9 Å². The van der Waals surface area contributed by atoms with E-state index in [1.807, 2.05) is 0 Å². The predicted molar refractivity (Wildman–Crippen MR) is 79.3 cm³/mol. The molecule has 1 heterocycles. The molecule has 8 nitrogen and oxygen atoms in total. The van der Waals surface area contributed by atoms with Crippen molar-refractivity contribution < 1.29 is 13.2 Å². The summed E-state index contributed by atoms with van der Waals surface area (Å²) in [4.78, 5) is 7.87. The molecular weight excluding hydrogens is 294 g/mol. The smallest absolute Gasteiger partial charge is 0.229 e. The van der Waals surface area contributed by atoms with E-state index in [9.17, 15) is 8.42 Å². The molecule has 0 spiro atoms. The third-order valence-corrected chi connectivity index (χ3v) is 2.97. The van der Waals surface area contributed by atoms with E-state index in [0.29, 0.717) is 17.1 Å². The molecular formula is C12H15N5O3S. The van der Waals surface area contributed by atoms with Crippen LogP contribution in [0.25, 0.3) is 0 Å². The topological polar surface area (TPSA) is 133 Å². The average Bonchev–Trinajstić information content (AvgIpc) is 2.38. The van der Waals surface area contributed by atoms with Crippen molar-refractivity contribution in [1.29, 1.82) is 0 Å². The molecule has 2 aromatic rings. The molecule has 0 radical (unpaired) electrons. The fourth-order valence-electron chi connectivity index (χ4n) is 1.57. The molecule has 0 unspecified atom stereocenters. The number of rotatable bonds is 5. The highest BCUT2D eigenvalue weighted by Crippen LogP contribution is 2.22. The monoisotopic (exact) mass is 309 g/mol. The van der Waals surface area contributed by atoms with Gasteiger partial charge in [0.2, 0.25) is 21.9 Å². The third kappa shape index (κ3) is 4.58. The molecule has 0 saturated carbocycles. The van der Waals surface area contributed by atoms with E-state index in [2.05, 4.69) is 14.7 Å². The maximum atomic E-state index is 11.1. The van der Waals surface area contributed by atoms with Gasteiger partial charge in [-0.05, 0) is 24.3 Å². The van der Waals surface area contributed by atoms with Crippen LogP contribution in [0.2, 0.25) is 0 Å². The summed E-state index contributed by atoms with van der Waals surface area (Å²) < 4.78 is 30.1. The second-order valence-corrected chi connectivity index (χ2v) is 6.01. The van der Waals surface area contributed by atoms with Gasteiger partial charge in [-0.25, -0.2) is 13.4 Å². The van der Waals surface area contributed by atoms with E-state index < -0.39 is 10.0 Å². The highest BCUT2D eigenvalue weighted by molar-refractivity contribution is 7.92. The zero-order chi connectivity index (χ0) is 15.5. The summed E-state index contributed by atoms with van der Waals surface area (Å²) in [6.45, 7) is 0.223. The van der Waals surface area contributed by atoms with Crippen molar-refractivity contribution in [3.05, 3.63) is 36.0 Å². The van der Waals surface area contributed by atoms with Crippen LogP contribution in [-0.2, 0) is 16.6 Å². The molecule has 0 aliphatic carbocycles. The van der Waals surface area contributed by atoms with Crippen LogP contribution in [0.3, 0.4) is 0 Å². The molecule has 0 bridgehead atoms. The average molecular weight is 309 g/mol. The zero-order valence-electron chi connectivity index (χ0n) is 11.3. The molecule has 0 atom stereocenters. The summed E-state index contributed by atoms with van der Waals surface area (Å²) in [5, 5.41) is 0. The van der Waals surface area contributed by atoms with E-state index in [1.54, 1.807) is 30.3 Å². The SMILES string of the molecule is CS(=O)(=O)Nc1ccc(Oc2cc(CN)nc(N)n2)cc1. The first-order chi connectivity index (χ1) is 9.85. The summed E-state index contributed by atoms with van der Waals surface area (Å²) in [6.07, 6.45) is 1.08. The summed E-state index contributed by atoms with van der Waals surface area (Å²) in [7, 11) is -3.31. The Morgan fingerprint density at radius 2 is 1.90 bits per heavy atom. The Morgan fingerprint density at radius 3 is 2.48 bits per heavy atom. The molecule has 0 fully saturated rings. The fraction of sp³-hybridized carbons (Fsp3) is 0.167. The lowest BCUT2D eigenvalue weighted by Gasteiger charge is -2.08. The van der Waals surface area contributed by atoms with E-state index in [4.69, 9.17) is 16.2 Å². The summed E-state index contributed by atoms with van der Waals surface area (Å²) in [5.41, 5.74) is 12.0. The number of nitrogens with two attached hydrogens (primary N) is 2. The van der Waals surface area contributed by atoms with E-state index in [0.717, 1.165) is 6.26 Å². The summed E-state index contributed by atoms with van der Waals surface area (Å²) in [6, 6.07) is 7.94. The number of benzene rings is 1. The summed E-state index contributed by atoms with van der Waals surface area (Å²) in [5.74, 6) is 0.824. The van der Waals surface area contributed by atoms with Gasteiger partial charge in [-0.1, -0.05) is 0 Å². The van der Waals surface area contributed by atoms with Crippen LogP contribution in [0, 0.1) is 0 Å². The number of hydrogen-bond donors (Lipinski definition) is 3. The molecule has 9 heteroatoms. The largest absolute Gasteiger partial charge is 0.439 e. The van der Waals surface area contributed by atoms with Crippen molar-refractivity contribution in [2.45, 2.75) is 6.54 Å². The van der Waals surface area contributed by atoms with Crippen molar-refractivity contribution in [2.24, 2.45) is 5.73 Å². The second kappa shape index (κ2) is 5.94. The molecule has 0 saturated heterocycles. The highest BCUT2D eigenvalue weighted by Gasteiger charge is 2.05. The molecule has 5 N–H and O–H groups in total. The van der Waals surface area contributed by atoms with Crippen molar-refractivity contribution in [2.75, 3.05) is 16.7 Å². The number of ether oxygens (including phenoxy) is 1. The standard InChI is InChI=1S/C12H15N5O3S/c1-21(18,19)17-8-2-4-10(5-3-8)20-11-6-9(7-13)15-12(14)16-11/h2-6,17H,7,13H2,1H3,(H2,14,15,16). The number of aromatic nitrogens is 2. The maximum absolute atomic E-state index is 11.1. The molecule has 1 aromatic heterocycles. The number of nitrogens with one attached hydrogen (secondary N) is 1. The summed E-state index contributed by atoms with van der Waals surface area (Å²) >= 11 is 0. The van der Waals surface area contributed by atoms with Crippen LogP contribution in [0.1, 0.15) is 5.69 Å². The van der Waals surface area contributed by atoms with Crippen LogP contribution in [0.4, 0.5) is 11.6 Å². The molecule has 112 valence electrons. The van der Waals surface area contributed by atoms with Gasteiger partial charge in [0.1, 0.15) is 5.75 Å². The van der Waals surface area contributed by atoms with Gasteiger partial charge in [0, 0.05) is 18.3 Å². The number of nitrogens with zero attached hydrogens (tertiary/aromatic N) is 2. The fourth-order valence-corrected chi connectivity index (χ4v) is 2.14. The lowest BCUT2D eigenvalue weighted by molar-refractivity contribution is 0.461. The molecule has 1 aromatic carbocycles. The van der Waals surface area contributed by atoms with Gasteiger partial charge < -0.3 is 16.2 Å². The first-order valence-electron chi connectivity index (χ1n) is 5.95. The van der Waals surface area contributed by atoms with Gasteiger partial charge >= 0.3 is 0 Å². The van der Waals surface area contributed by atoms with Gasteiger partial charge in [0.25, 0.3) is 0 Å². The second-order valence-electron chi connectivity index (χ2n) is 4.26. The first kappa shape index (κ1) is 15.0. The number of nitrogen functional groups attached to an aromatic ring is 1. The van der Waals surface area contributed by atoms with Crippen LogP contribution in [0.15, 0.2) is 30.3 Å². The van der Waals surface area contributed by atoms with Crippen molar-refractivity contribution in [3.63, 3.8) is 0 Å². The van der Waals surface area contributed by atoms with E-state index >= 15 is 0 Å². The first-order valence-corrected chi connectivity index (χ1v) is 7.84. The van der Waals surface area contributed by atoms with Crippen LogP contribution in [0.5, 0.6) is 11.6 Å². The molecule has 0 amide bonds. The van der Waals surface area contributed by atoms with Crippen LogP contribution >= 0.6 is 0 Å². The number of hydrogen-bond acceptors (Lipinski definition) is 7. The maximum Gasteiger partial charge on any atom is 0.229 e. The van der Waals surface area contributed by atoms with Gasteiger partial charge in [-0.15, -0.1) is 0 Å². The molecule has 0 aliphatic rings. The lowest BCUT2D eigenvalue weighted by atomic mass is 10.3. The van der Waals surface area contributed by atoms with E-state index in [-0.39, 0.29) is 18.4 Å².